The zero-order chi connectivity index (χ0) is 11.5. The molecule has 0 spiro atoms. The molecule has 2 unspecified atom stereocenters. The summed E-state index contributed by atoms with van der Waals surface area (Å²) in [6, 6.07) is 7.63. The van der Waals surface area contributed by atoms with Gasteiger partial charge in [-0.1, -0.05) is 39.0 Å². The van der Waals surface area contributed by atoms with E-state index in [0.717, 1.165) is 18.9 Å². The van der Waals surface area contributed by atoms with Gasteiger partial charge in [0.2, 0.25) is 0 Å². The molecule has 1 heteroatoms. The van der Waals surface area contributed by atoms with Crippen molar-refractivity contribution in [1.82, 2.24) is 5.32 Å². The predicted molar refractivity (Wildman–Crippen MR) is 69.9 cm³/mol. The van der Waals surface area contributed by atoms with Crippen LogP contribution in [0.5, 0.6) is 0 Å². The van der Waals surface area contributed by atoms with Crippen LogP contribution in [0.2, 0.25) is 0 Å². The summed E-state index contributed by atoms with van der Waals surface area (Å²) < 4.78 is 0. The maximum Gasteiger partial charge on any atom is 0.0328 e. The first-order valence-electron chi connectivity index (χ1n) is 6.62. The Hall–Kier alpha value is -0.820. The molecule has 0 saturated carbocycles. The zero-order valence-corrected chi connectivity index (χ0v) is 10.7. The van der Waals surface area contributed by atoms with Crippen LogP contribution < -0.4 is 5.32 Å². The lowest BCUT2D eigenvalue weighted by Gasteiger charge is -2.14. The molecule has 1 aromatic carbocycles. The normalized spacial score (nSPS) is 23.4. The standard InChI is InChI=1S/C15H23N/c1-4-8-16-15-9-11(3)13-7-6-12(5-2)10-14(13)15/h6-7,10-11,15-16H,4-5,8-9H2,1-3H3. The molecule has 2 rings (SSSR count). The van der Waals surface area contributed by atoms with E-state index in [1.165, 1.54) is 18.4 Å². The minimum absolute atomic E-state index is 0.594. The Labute approximate surface area is 99.3 Å². The first-order chi connectivity index (χ1) is 7.76. The third-order valence-corrected chi connectivity index (χ3v) is 3.70. The molecular formula is C15H23N. The third-order valence-electron chi connectivity index (χ3n) is 3.70. The highest BCUT2D eigenvalue weighted by molar-refractivity contribution is 5.40. The van der Waals surface area contributed by atoms with Crippen molar-refractivity contribution in [2.75, 3.05) is 6.54 Å². The monoisotopic (exact) mass is 217 g/mol. The molecule has 1 aliphatic rings. The van der Waals surface area contributed by atoms with Crippen LogP contribution in [-0.4, -0.2) is 6.54 Å². The molecule has 0 heterocycles. The average molecular weight is 217 g/mol. The summed E-state index contributed by atoms with van der Waals surface area (Å²) in [5.41, 5.74) is 4.59. The lowest BCUT2D eigenvalue weighted by molar-refractivity contribution is 0.505. The fourth-order valence-corrected chi connectivity index (χ4v) is 2.71. The zero-order valence-electron chi connectivity index (χ0n) is 10.7. The van der Waals surface area contributed by atoms with E-state index >= 15 is 0 Å². The summed E-state index contributed by atoms with van der Waals surface area (Å²) in [5.74, 6) is 0.718. The Morgan fingerprint density at radius 3 is 2.75 bits per heavy atom. The molecule has 0 radical (unpaired) electrons. The summed E-state index contributed by atoms with van der Waals surface area (Å²) in [4.78, 5) is 0. The molecule has 88 valence electrons. The van der Waals surface area contributed by atoms with Gasteiger partial charge >= 0.3 is 0 Å². The predicted octanol–water partition coefficient (Wildman–Crippen LogP) is 3.80. The second kappa shape index (κ2) is 5.01. The van der Waals surface area contributed by atoms with Gasteiger partial charge in [0.15, 0.2) is 0 Å². The van der Waals surface area contributed by atoms with Crippen molar-refractivity contribution < 1.29 is 0 Å². The third kappa shape index (κ3) is 2.15. The van der Waals surface area contributed by atoms with Gasteiger partial charge in [-0.3, -0.25) is 0 Å². The van der Waals surface area contributed by atoms with Gasteiger partial charge in [0.05, 0.1) is 0 Å². The average Bonchev–Trinajstić information content (AvgIpc) is 2.63. The highest BCUT2D eigenvalue weighted by Gasteiger charge is 2.27. The summed E-state index contributed by atoms with van der Waals surface area (Å²) in [7, 11) is 0. The van der Waals surface area contributed by atoms with Crippen LogP contribution in [0.15, 0.2) is 18.2 Å². The van der Waals surface area contributed by atoms with E-state index in [1.807, 2.05) is 0 Å². The van der Waals surface area contributed by atoms with Gasteiger partial charge < -0.3 is 5.32 Å². The summed E-state index contributed by atoms with van der Waals surface area (Å²) in [6.07, 6.45) is 3.62. The van der Waals surface area contributed by atoms with Gasteiger partial charge in [0.1, 0.15) is 0 Å². The number of rotatable bonds is 4. The SMILES string of the molecule is CCCNC1CC(C)c2ccc(CC)cc21. The number of fused-ring (bicyclic) bond motifs is 1. The second-order valence-electron chi connectivity index (χ2n) is 4.96. The molecule has 2 atom stereocenters. The maximum absolute atomic E-state index is 3.67. The van der Waals surface area contributed by atoms with E-state index in [2.05, 4.69) is 44.3 Å². The van der Waals surface area contributed by atoms with Gasteiger partial charge in [0.25, 0.3) is 0 Å². The molecule has 0 saturated heterocycles. The van der Waals surface area contributed by atoms with Gasteiger partial charge in [-0.2, -0.15) is 0 Å². The van der Waals surface area contributed by atoms with E-state index in [0.29, 0.717) is 6.04 Å². The van der Waals surface area contributed by atoms with Crippen LogP contribution in [0.1, 0.15) is 62.3 Å². The molecule has 1 aromatic rings. The quantitative estimate of drug-likeness (QED) is 0.809. The van der Waals surface area contributed by atoms with Crippen molar-refractivity contribution in [3.63, 3.8) is 0 Å². The number of benzene rings is 1. The second-order valence-corrected chi connectivity index (χ2v) is 4.96. The number of nitrogens with one attached hydrogen (secondary N) is 1. The molecule has 1 aliphatic carbocycles. The van der Waals surface area contributed by atoms with Crippen molar-refractivity contribution in [3.05, 3.63) is 34.9 Å². The Kier molecular flexibility index (Phi) is 3.65. The van der Waals surface area contributed by atoms with Crippen LogP contribution >= 0.6 is 0 Å². The van der Waals surface area contributed by atoms with Gasteiger partial charge in [-0.15, -0.1) is 0 Å². The van der Waals surface area contributed by atoms with Crippen molar-refractivity contribution >= 4 is 0 Å². The van der Waals surface area contributed by atoms with Crippen molar-refractivity contribution in [2.24, 2.45) is 0 Å². The van der Waals surface area contributed by atoms with Crippen LogP contribution in [0.25, 0.3) is 0 Å². The summed E-state index contributed by atoms with van der Waals surface area (Å²) in [6.45, 7) is 7.94. The van der Waals surface area contributed by atoms with E-state index < -0.39 is 0 Å². The first-order valence-corrected chi connectivity index (χ1v) is 6.62. The van der Waals surface area contributed by atoms with E-state index in [1.54, 1.807) is 11.1 Å². The number of aryl methyl sites for hydroxylation is 1. The molecule has 1 nitrogen and oxygen atoms in total. The largest absolute Gasteiger partial charge is 0.310 e. The van der Waals surface area contributed by atoms with Gasteiger partial charge in [-0.05, 0) is 48.4 Å². The summed E-state index contributed by atoms with van der Waals surface area (Å²) >= 11 is 0. The Bertz CT molecular complexity index is 356. The van der Waals surface area contributed by atoms with E-state index in [-0.39, 0.29) is 0 Å². The van der Waals surface area contributed by atoms with Crippen molar-refractivity contribution in [2.45, 2.75) is 52.0 Å². The van der Waals surface area contributed by atoms with Crippen LogP contribution in [0, 0.1) is 0 Å². The maximum atomic E-state index is 3.67. The molecule has 0 aromatic heterocycles. The highest BCUT2D eigenvalue weighted by Crippen LogP contribution is 2.40. The fraction of sp³-hybridized carbons (Fsp3) is 0.600. The van der Waals surface area contributed by atoms with Gasteiger partial charge in [-0.25, -0.2) is 0 Å². The minimum atomic E-state index is 0.594. The van der Waals surface area contributed by atoms with E-state index in [9.17, 15) is 0 Å². The topological polar surface area (TPSA) is 12.0 Å². The molecule has 0 fully saturated rings. The number of hydrogen-bond donors (Lipinski definition) is 1. The van der Waals surface area contributed by atoms with Crippen molar-refractivity contribution in [1.29, 1.82) is 0 Å². The molecule has 0 bridgehead atoms. The fourth-order valence-electron chi connectivity index (χ4n) is 2.71. The lowest BCUT2D eigenvalue weighted by Crippen LogP contribution is -2.20. The molecule has 1 N–H and O–H groups in total. The Morgan fingerprint density at radius 1 is 1.25 bits per heavy atom. The highest BCUT2D eigenvalue weighted by atomic mass is 14.9. The van der Waals surface area contributed by atoms with Crippen LogP contribution in [-0.2, 0) is 6.42 Å². The molecule has 0 amide bonds. The smallest absolute Gasteiger partial charge is 0.0328 e. The summed E-state index contributed by atoms with van der Waals surface area (Å²) in [5, 5.41) is 3.67. The molecule has 16 heavy (non-hydrogen) atoms. The van der Waals surface area contributed by atoms with Gasteiger partial charge in [0, 0.05) is 6.04 Å². The first kappa shape index (κ1) is 11.7. The van der Waals surface area contributed by atoms with Crippen LogP contribution in [0.3, 0.4) is 0 Å². The Balaban J connectivity index is 2.23. The Morgan fingerprint density at radius 2 is 2.06 bits per heavy atom. The number of hydrogen-bond acceptors (Lipinski definition) is 1. The van der Waals surface area contributed by atoms with E-state index in [4.69, 9.17) is 0 Å². The molecule has 0 aliphatic heterocycles. The van der Waals surface area contributed by atoms with Crippen molar-refractivity contribution in [3.8, 4) is 0 Å². The lowest BCUT2D eigenvalue weighted by atomic mass is 10.0. The van der Waals surface area contributed by atoms with Crippen LogP contribution in [0.4, 0.5) is 0 Å². The molecular weight excluding hydrogens is 194 g/mol. The minimum Gasteiger partial charge on any atom is -0.310 e.